The van der Waals surface area contributed by atoms with E-state index in [1.165, 1.54) is 0 Å². The van der Waals surface area contributed by atoms with E-state index in [0.29, 0.717) is 28.7 Å². The number of benzene rings is 2. The molecule has 1 aliphatic rings. The van der Waals surface area contributed by atoms with Crippen molar-refractivity contribution in [2.45, 2.75) is 6.92 Å². The van der Waals surface area contributed by atoms with E-state index in [4.69, 9.17) is 9.26 Å². The molecule has 180 valence electrons. The second-order valence-corrected chi connectivity index (χ2v) is 8.63. The molecule has 9 nitrogen and oxygen atoms in total. The number of hydrogen-bond acceptors (Lipinski definition) is 7. The van der Waals surface area contributed by atoms with Gasteiger partial charge in [0.1, 0.15) is 11.3 Å². The molecule has 1 aliphatic heterocycles. The van der Waals surface area contributed by atoms with Crippen molar-refractivity contribution in [2.24, 2.45) is 0 Å². The maximum absolute atomic E-state index is 13.0. The monoisotopic (exact) mass is 480 g/mol. The zero-order valence-corrected chi connectivity index (χ0v) is 19.7. The normalized spacial score (nSPS) is 13.8. The van der Waals surface area contributed by atoms with Gasteiger partial charge in [-0.1, -0.05) is 23.4 Å². The summed E-state index contributed by atoms with van der Waals surface area (Å²) in [5.74, 6) is 0.645. The minimum absolute atomic E-state index is 0.247. The fraction of sp³-hybridized carbons (Fsp3) is 0.185. The summed E-state index contributed by atoms with van der Waals surface area (Å²) in [7, 11) is 0. The summed E-state index contributed by atoms with van der Waals surface area (Å²) < 4.78 is 12.7. The number of fused-ring (bicyclic) bond motifs is 1. The van der Waals surface area contributed by atoms with Crippen LogP contribution in [0.5, 0.6) is 0 Å². The molecular weight excluding hydrogens is 456 g/mol. The lowest BCUT2D eigenvalue weighted by atomic mass is 10.1. The number of imidazole rings is 1. The Balaban J connectivity index is 1.22. The zero-order valence-electron chi connectivity index (χ0n) is 19.7. The summed E-state index contributed by atoms with van der Waals surface area (Å²) in [4.78, 5) is 24.2. The number of aryl methyl sites for hydroxylation is 1. The van der Waals surface area contributed by atoms with Gasteiger partial charge in [0.15, 0.2) is 0 Å². The van der Waals surface area contributed by atoms with Crippen molar-refractivity contribution in [3.05, 3.63) is 84.3 Å². The van der Waals surface area contributed by atoms with Crippen LogP contribution in [0.15, 0.2) is 77.6 Å². The van der Waals surface area contributed by atoms with Crippen molar-refractivity contribution < 1.29 is 14.1 Å². The second-order valence-electron chi connectivity index (χ2n) is 8.63. The highest BCUT2D eigenvalue weighted by Gasteiger charge is 2.17. The number of amides is 1. The van der Waals surface area contributed by atoms with E-state index in [1.54, 1.807) is 10.6 Å². The van der Waals surface area contributed by atoms with Crippen LogP contribution in [0.2, 0.25) is 0 Å². The van der Waals surface area contributed by atoms with E-state index >= 15 is 0 Å². The molecule has 1 amide bonds. The molecule has 0 bridgehead atoms. The molecule has 0 atom stereocenters. The van der Waals surface area contributed by atoms with Crippen LogP contribution in [0.1, 0.15) is 16.1 Å². The first-order valence-electron chi connectivity index (χ1n) is 11.8. The van der Waals surface area contributed by atoms with Crippen LogP contribution in [0, 0.1) is 6.92 Å². The molecule has 0 aliphatic carbocycles. The van der Waals surface area contributed by atoms with Crippen molar-refractivity contribution in [3.8, 4) is 22.8 Å². The van der Waals surface area contributed by atoms with Crippen LogP contribution in [0.3, 0.4) is 0 Å². The first kappa shape index (κ1) is 22.0. The molecule has 3 aromatic heterocycles. The van der Waals surface area contributed by atoms with E-state index in [2.05, 4.69) is 37.5 Å². The van der Waals surface area contributed by atoms with Crippen LogP contribution in [-0.4, -0.2) is 51.7 Å². The lowest BCUT2D eigenvalue weighted by molar-refractivity contribution is 0.102. The Bertz CT molecular complexity index is 1530. The minimum Gasteiger partial charge on any atom is -0.378 e. The number of nitrogens with zero attached hydrogens (tertiary/aromatic N) is 5. The summed E-state index contributed by atoms with van der Waals surface area (Å²) in [5, 5.41) is 7.17. The van der Waals surface area contributed by atoms with Crippen molar-refractivity contribution in [3.63, 3.8) is 0 Å². The molecule has 0 radical (unpaired) electrons. The topological polar surface area (TPSA) is 97.8 Å². The van der Waals surface area contributed by atoms with Gasteiger partial charge in [0.2, 0.25) is 5.82 Å². The number of pyridine rings is 1. The van der Waals surface area contributed by atoms with Gasteiger partial charge in [0.05, 0.1) is 19.4 Å². The lowest BCUT2D eigenvalue weighted by Gasteiger charge is -2.28. The number of ether oxygens (including phenoxy) is 1. The van der Waals surface area contributed by atoms with Crippen molar-refractivity contribution >= 4 is 22.9 Å². The maximum atomic E-state index is 13.0. The van der Waals surface area contributed by atoms with E-state index in [0.717, 1.165) is 48.7 Å². The van der Waals surface area contributed by atoms with Crippen molar-refractivity contribution in [1.82, 2.24) is 19.5 Å². The van der Waals surface area contributed by atoms with Crippen molar-refractivity contribution in [2.75, 3.05) is 36.5 Å². The molecule has 4 heterocycles. The molecule has 0 spiro atoms. The molecule has 9 heteroatoms. The number of morpholine rings is 1. The van der Waals surface area contributed by atoms with Gasteiger partial charge < -0.3 is 19.5 Å². The number of anilines is 2. The highest BCUT2D eigenvalue weighted by atomic mass is 16.5. The summed E-state index contributed by atoms with van der Waals surface area (Å²) in [6.07, 6.45) is 3.38. The van der Waals surface area contributed by atoms with Gasteiger partial charge in [-0.25, -0.2) is 4.98 Å². The Labute approximate surface area is 207 Å². The average Bonchev–Trinajstić information content (AvgIpc) is 3.59. The second kappa shape index (κ2) is 9.27. The Kier molecular flexibility index (Phi) is 5.67. The Morgan fingerprint density at radius 1 is 1.00 bits per heavy atom. The van der Waals surface area contributed by atoms with Crippen LogP contribution in [-0.2, 0) is 4.74 Å². The summed E-state index contributed by atoms with van der Waals surface area (Å²) in [6.45, 7) is 5.19. The first-order chi connectivity index (χ1) is 17.7. The first-order valence-corrected chi connectivity index (χ1v) is 11.8. The molecule has 2 aromatic carbocycles. The highest BCUT2D eigenvalue weighted by Crippen LogP contribution is 2.28. The Morgan fingerprint density at radius 3 is 2.64 bits per heavy atom. The number of aromatic nitrogens is 4. The summed E-state index contributed by atoms with van der Waals surface area (Å²) in [6, 6.07) is 19.4. The molecule has 0 saturated carbocycles. The van der Waals surface area contributed by atoms with Crippen LogP contribution in [0.4, 0.5) is 11.4 Å². The smallest absolute Gasteiger partial charge is 0.274 e. The Hall–Kier alpha value is -4.50. The third-order valence-electron chi connectivity index (χ3n) is 6.31. The molecule has 1 saturated heterocycles. The van der Waals surface area contributed by atoms with E-state index in [1.807, 2.05) is 61.7 Å². The molecule has 1 N–H and O–H groups in total. The third-order valence-corrected chi connectivity index (χ3v) is 6.31. The molecular formula is C27H24N6O3. The summed E-state index contributed by atoms with van der Waals surface area (Å²) in [5.41, 5.74) is 5.50. The van der Waals surface area contributed by atoms with Gasteiger partial charge in [-0.2, -0.15) is 4.98 Å². The van der Waals surface area contributed by atoms with Crippen molar-refractivity contribution in [1.29, 1.82) is 0 Å². The van der Waals surface area contributed by atoms with E-state index in [-0.39, 0.29) is 5.91 Å². The largest absolute Gasteiger partial charge is 0.378 e. The number of nitrogens with one attached hydrogen (secondary N) is 1. The van der Waals surface area contributed by atoms with Gasteiger partial charge in [0, 0.05) is 41.8 Å². The molecule has 1 fully saturated rings. The van der Waals surface area contributed by atoms with Gasteiger partial charge in [0.25, 0.3) is 11.8 Å². The molecule has 36 heavy (non-hydrogen) atoms. The molecule has 0 unspecified atom stereocenters. The average molecular weight is 481 g/mol. The number of carbonyl (C=O) groups excluding carboxylic acids is 1. The molecule has 5 aromatic rings. The standard InChI is InChI=1S/C27H24N6O3/c1-18-5-6-20(16-22(18)29-26(34)23-17-28-24-4-2-3-11-33(23)24)25-30-27(36-31-25)19-7-9-21(10-8-19)32-12-14-35-15-13-32/h2-11,16-17H,12-15H2,1H3,(H,29,34). The van der Waals surface area contributed by atoms with Gasteiger partial charge >= 0.3 is 0 Å². The quantitative estimate of drug-likeness (QED) is 0.397. The third kappa shape index (κ3) is 4.20. The van der Waals surface area contributed by atoms with Gasteiger partial charge in [-0.15, -0.1) is 0 Å². The number of hydrogen-bond donors (Lipinski definition) is 1. The van der Waals surface area contributed by atoms with Gasteiger partial charge in [-0.05, 0) is 55.0 Å². The van der Waals surface area contributed by atoms with E-state index < -0.39 is 0 Å². The number of rotatable bonds is 5. The fourth-order valence-electron chi connectivity index (χ4n) is 4.28. The lowest BCUT2D eigenvalue weighted by Crippen LogP contribution is -2.36. The predicted molar refractivity (Wildman–Crippen MR) is 136 cm³/mol. The predicted octanol–water partition coefficient (Wildman–Crippen LogP) is 4.45. The number of carbonyl (C=O) groups is 1. The minimum atomic E-state index is -0.247. The van der Waals surface area contributed by atoms with Crippen LogP contribution in [0.25, 0.3) is 28.5 Å². The molecule has 6 rings (SSSR count). The summed E-state index contributed by atoms with van der Waals surface area (Å²) >= 11 is 0. The Morgan fingerprint density at radius 2 is 1.81 bits per heavy atom. The SMILES string of the molecule is Cc1ccc(-c2noc(-c3ccc(N4CCOCC4)cc3)n2)cc1NC(=O)c1cnc2ccccn12. The zero-order chi connectivity index (χ0) is 24.5. The van der Waals surface area contributed by atoms with Crippen LogP contribution < -0.4 is 10.2 Å². The fourth-order valence-corrected chi connectivity index (χ4v) is 4.28. The highest BCUT2D eigenvalue weighted by molar-refractivity contribution is 6.04. The van der Waals surface area contributed by atoms with Crippen LogP contribution >= 0.6 is 0 Å². The van der Waals surface area contributed by atoms with E-state index in [9.17, 15) is 4.79 Å². The maximum Gasteiger partial charge on any atom is 0.274 e. The van der Waals surface area contributed by atoms with Gasteiger partial charge in [-0.3, -0.25) is 9.20 Å².